The average molecular weight is 378 g/mol. The van der Waals surface area contributed by atoms with Crippen LogP contribution >= 0.6 is 0 Å². The number of carbonyl (C=O) groups excluding carboxylic acids is 1. The number of amides is 1. The van der Waals surface area contributed by atoms with Gasteiger partial charge in [0.1, 0.15) is 0 Å². The van der Waals surface area contributed by atoms with Gasteiger partial charge in [0.25, 0.3) is 0 Å². The highest BCUT2D eigenvalue weighted by Crippen LogP contribution is 2.18. The van der Waals surface area contributed by atoms with Crippen LogP contribution in [0.25, 0.3) is 10.8 Å². The molecule has 0 fully saturated rings. The highest BCUT2D eigenvalue weighted by molar-refractivity contribution is 7.89. The van der Waals surface area contributed by atoms with Crippen molar-refractivity contribution in [2.75, 3.05) is 19.6 Å². The van der Waals surface area contributed by atoms with Gasteiger partial charge < -0.3 is 10.0 Å². The standard InChI is InChI=1S/C18H22N2O5S/c1-2-20(12-10-18(22)23)17(21)9-11-19-26(24,25)16-8-7-14-5-3-4-6-15(14)13-16/h3-8,13,19H,2,9-12H2,1H3,(H,22,23). The van der Waals surface area contributed by atoms with Crippen LogP contribution in [0.3, 0.4) is 0 Å². The Kier molecular flexibility index (Phi) is 6.70. The maximum atomic E-state index is 12.4. The molecule has 2 aromatic rings. The smallest absolute Gasteiger partial charge is 0.305 e. The Morgan fingerprint density at radius 3 is 2.42 bits per heavy atom. The summed E-state index contributed by atoms with van der Waals surface area (Å²) in [5, 5.41) is 10.5. The van der Waals surface area contributed by atoms with Gasteiger partial charge in [0.2, 0.25) is 15.9 Å². The minimum absolute atomic E-state index is 0.0275. The summed E-state index contributed by atoms with van der Waals surface area (Å²) in [7, 11) is -3.72. The van der Waals surface area contributed by atoms with Crippen molar-refractivity contribution < 1.29 is 23.1 Å². The van der Waals surface area contributed by atoms with Crippen molar-refractivity contribution in [1.82, 2.24) is 9.62 Å². The number of aliphatic carboxylic acids is 1. The van der Waals surface area contributed by atoms with E-state index in [2.05, 4.69) is 4.72 Å². The Morgan fingerprint density at radius 2 is 1.77 bits per heavy atom. The summed E-state index contributed by atoms with van der Waals surface area (Å²) in [6.07, 6.45) is -0.164. The Balaban J connectivity index is 1.96. The Hall–Kier alpha value is -2.45. The molecule has 140 valence electrons. The van der Waals surface area contributed by atoms with Gasteiger partial charge in [-0.15, -0.1) is 0 Å². The minimum atomic E-state index is -3.72. The molecular weight excluding hydrogens is 356 g/mol. The topological polar surface area (TPSA) is 104 Å². The molecule has 2 rings (SSSR count). The number of carbonyl (C=O) groups is 2. The molecule has 0 radical (unpaired) electrons. The molecule has 0 aliphatic rings. The van der Waals surface area contributed by atoms with Gasteiger partial charge in [-0.1, -0.05) is 30.3 Å². The highest BCUT2D eigenvalue weighted by Gasteiger charge is 2.17. The van der Waals surface area contributed by atoms with E-state index in [0.717, 1.165) is 10.8 Å². The molecule has 0 atom stereocenters. The van der Waals surface area contributed by atoms with E-state index in [-0.39, 0.29) is 36.7 Å². The first-order chi connectivity index (χ1) is 12.3. The number of hydrogen-bond donors (Lipinski definition) is 2. The van der Waals surface area contributed by atoms with Gasteiger partial charge in [-0.2, -0.15) is 0 Å². The van der Waals surface area contributed by atoms with Gasteiger partial charge in [0.15, 0.2) is 0 Å². The molecule has 0 aliphatic carbocycles. The Labute approximate surface area is 152 Å². The molecule has 8 heteroatoms. The van der Waals surface area contributed by atoms with Crippen molar-refractivity contribution >= 4 is 32.7 Å². The van der Waals surface area contributed by atoms with Crippen molar-refractivity contribution in [3.8, 4) is 0 Å². The fraction of sp³-hybridized carbons (Fsp3) is 0.333. The summed E-state index contributed by atoms with van der Waals surface area (Å²) >= 11 is 0. The van der Waals surface area contributed by atoms with Gasteiger partial charge >= 0.3 is 5.97 Å². The number of fused-ring (bicyclic) bond motifs is 1. The van der Waals surface area contributed by atoms with Gasteiger partial charge in [0, 0.05) is 26.1 Å². The van der Waals surface area contributed by atoms with Crippen LogP contribution in [0.15, 0.2) is 47.4 Å². The first kappa shape index (κ1) is 19.9. The lowest BCUT2D eigenvalue weighted by Gasteiger charge is -2.20. The van der Waals surface area contributed by atoms with Crippen molar-refractivity contribution in [3.63, 3.8) is 0 Å². The van der Waals surface area contributed by atoms with Gasteiger partial charge in [-0.05, 0) is 29.8 Å². The predicted octanol–water partition coefficient (Wildman–Crippen LogP) is 1.83. The number of carboxylic acids is 1. The molecular formula is C18H22N2O5S. The maximum absolute atomic E-state index is 12.4. The fourth-order valence-electron chi connectivity index (χ4n) is 2.56. The van der Waals surface area contributed by atoms with Crippen LogP contribution in [0.1, 0.15) is 19.8 Å². The molecule has 2 aromatic carbocycles. The second kappa shape index (κ2) is 8.77. The van der Waals surface area contributed by atoms with E-state index in [9.17, 15) is 18.0 Å². The lowest BCUT2D eigenvalue weighted by molar-refractivity contribution is -0.138. The molecule has 2 N–H and O–H groups in total. The molecule has 0 aliphatic heterocycles. The van der Waals surface area contributed by atoms with Crippen molar-refractivity contribution in [2.45, 2.75) is 24.7 Å². The average Bonchev–Trinajstić information content (AvgIpc) is 2.61. The van der Waals surface area contributed by atoms with Crippen LogP contribution in [0.5, 0.6) is 0 Å². The van der Waals surface area contributed by atoms with Crippen molar-refractivity contribution in [2.24, 2.45) is 0 Å². The SMILES string of the molecule is CCN(CCC(=O)O)C(=O)CCNS(=O)(=O)c1ccc2ccccc2c1. The number of nitrogens with one attached hydrogen (secondary N) is 1. The van der Waals surface area contributed by atoms with Crippen molar-refractivity contribution in [3.05, 3.63) is 42.5 Å². The molecule has 0 spiro atoms. The Bertz CT molecular complexity index is 895. The van der Waals surface area contributed by atoms with Crippen LogP contribution in [-0.4, -0.2) is 49.9 Å². The molecule has 0 saturated carbocycles. The van der Waals surface area contributed by atoms with Crippen LogP contribution in [-0.2, 0) is 19.6 Å². The third-order valence-corrected chi connectivity index (χ3v) is 5.45. The van der Waals surface area contributed by atoms with E-state index >= 15 is 0 Å². The molecule has 0 saturated heterocycles. The van der Waals surface area contributed by atoms with Crippen LogP contribution in [0.4, 0.5) is 0 Å². The number of hydrogen-bond acceptors (Lipinski definition) is 4. The monoisotopic (exact) mass is 378 g/mol. The summed E-state index contributed by atoms with van der Waals surface area (Å²) in [4.78, 5) is 24.2. The lowest BCUT2D eigenvalue weighted by Crippen LogP contribution is -2.35. The number of rotatable bonds is 9. The van der Waals surface area contributed by atoms with Gasteiger partial charge in [-0.25, -0.2) is 13.1 Å². The second-order valence-corrected chi connectivity index (χ2v) is 7.54. The number of nitrogens with zero attached hydrogens (tertiary/aromatic N) is 1. The van der Waals surface area contributed by atoms with Crippen molar-refractivity contribution in [1.29, 1.82) is 0 Å². The third-order valence-electron chi connectivity index (χ3n) is 3.99. The normalized spacial score (nSPS) is 11.4. The maximum Gasteiger partial charge on any atom is 0.305 e. The highest BCUT2D eigenvalue weighted by atomic mass is 32.2. The largest absolute Gasteiger partial charge is 0.481 e. The predicted molar refractivity (Wildman–Crippen MR) is 98.3 cm³/mol. The van der Waals surface area contributed by atoms with Gasteiger partial charge in [0.05, 0.1) is 11.3 Å². The quantitative estimate of drug-likeness (QED) is 0.693. The zero-order chi connectivity index (χ0) is 19.2. The fourth-order valence-corrected chi connectivity index (χ4v) is 3.62. The minimum Gasteiger partial charge on any atom is -0.481 e. The molecule has 7 nitrogen and oxygen atoms in total. The molecule has 0 aromatic heterocycles. The summed E-state index contributed by atoms with van der Waals surface area (Å²) in [6, 6.07) is 12.3. The van der Waals surface area contributed by atoms with E-state index in [0.29, 0.717) is 6.54 Å². The Morgan fingerprint density at radius 1 is 1.08 bits per heavy atom. The first-order valence-electron chi connectivity index (χ1n) is 8.31. The summed E-state index contributed by atoms with van der Waals surface area (Å²) in [6.45, 7) is 2.20. The summed E-state index contributed by atoms with van der Waals surface area (Å²) in [5.41, 5.74) is 0. The molecule has 0 bridgehead atoms. The van der Waals surface area contributed by atoms with Gasteiger partial charge in [-0.3, -0.25) is 9.59 Å². The molecule has 1 amide bonds. The number of sulfonamides is 1. The third kappa shape index (κ3) is 5.27. The molecule has 0 unspecified atom stereocenters. The van der Waals surface area contributed by atoms with Crippen LogP contribution in [0, 0.1) is 0 Å². The van der Waals surface area contributed by atoms with E-state index < -0.39 is 16.0 Å². The molecule has 0 heterocycles. The van der Waals surface area contributed by atoms with Crippen LogP contribution in [0.2, 0.25) is 0 Å². The zero-order valence-electron chi connectivity index (χ0n) is 14.5. The van der Waals surface area contributed by atoms with E-state index in [1.54, 1.807) is 19.1 Å². The zero-order valence-corrected chi connectivity index (χ0v) is 15.3. The first-order valence-corrected chi connectivity index (χ1v) is 9.80. The van der Waals surface area contributed by atoms with E-state index in [1.165, 1.54) is 11.0 Å². The lowest BCUT2D eigenvalue weighted by atomic mass is 10.1. The number of carboxylic acid groups (broad SMARTS) is 1. The van der Waals surface area contributed by atoms with Crippen LogP contribution < -0.4 is 4.72 Å². The van der Waals surface area contributed by atoms with E-state index in [1.807, 2.05) is 24.3 Å². The second-order valence-electron chi connectivity index (χ2n) is 5.77. The van der Waals surface area contributed by atoms with E-state index in [4.69, 9.17) is 5.11 Å². The summed E-state index contributed by atoms with van der Waals surface area (Å²) < 4.78 is 27.2. The molecule has 26 heavy (non-hydrogen) atoms. The summed E-state index contributed by atoms with van der Waals surface area (Å²) in [5.74, 6) is -1.26. The number of benzene rings is 2.